The normalized spacial score (nSPS) is 12.5. The largest absolute Gasteiger partial charge is 0.318 e. The third-order valence-electron chi connectivity index (χ3n) is 2.81. The first-order chi connectivity index (χ1) is 8.84. The molecule has 2 aromatic carbocycles. The molecule has 1 aromatic heterocycles. The number of hydrogen-bond acceptors (Lipinski definition) is 4. The van der Waals surface area contributed by atoms with Gasteiger partial charge in [0, 0.05) is 0 Å². The molecule has 0 spiro atoms. The Labute approximate surface area is 105 Å². The summed E-state index contributed by atoms with van der Waals surface area (Å²) < 4.78 is 0. The zero-order valence-corrected chi connectivity index (χ0v) is 9.69. The second kappa shape index (κ2) is 4.50. The number of fused-ring (bicyclic) bond motifs is 1. The van der Waals surface area contributed by atoms with Gasteiger partial charge in [-0.1, -0.05) is 42.5 Å². The van der Waals surface area contributed by atoms with Gasteiger partial charge in [-0.2, -0.15) is 0 Å². The van der Waals surface area contributed by atoms with E-state index in [1.54, 1.807) is 0 Å². The summed E-state index contributed by atoms with van der Waals surface area (Å²) in [7, 11) is 0. The van der Waals surface area contributed by atoms with Crippen molar-refractivity contribution in [2.24, 2.45) is 5.73 Å². The molecule has 1 heterocycles. The second-order valence-electron chi connectivity index (χ2n) is 4.05. The lowest BCUT2D eigenvalue weighted by Crippen LogP contribution is -2.16. The van der Waals surface area contributed by atoms with Crippen molar-refractivity contribution < 1.29 is 0 Å². The van der Waals surface area contributed by atoms with Crippen LogP contribution in [-0.2, 0) is 0 Å². The fourth-order valence-electron chi connectivity index (χ4n) is 1.84. The predicted octanol–water partition coefficient (Wildman–Crippen LogP) is 2.07. The molecule has 0 saturated carbocycles. The Morgan fingerprint density at radius 1 is 0.778 bits per heavy atom. The Morgan fingerprint density at radius 2 is 1.44 bits per heavy atom. The molecule has 0 amide bonds. The van der Waals surface area contributed by atoms with Crippen LogP contribution in [0.15, 0.2) is 54.6 Å². The van der Waals surface area contributed by atoms with Crippen LogP contribution in [0.2, 0.25) is 0 Å². The SMILES string of the molecule is NC(c1ccccc1)c1nnc2ccccc2n1. The topological polar surface area (TPSA) is 64.7 Å². The van der Waals surface area contributed by atoms with Gasteiger partial charge in [-0.15, -0.1) is 10.2 Å². The molecule has 0 saturated heterocycles. The van der Waals surface area contributed by atoms with Crippen molar-refractivity contribution in [1.29, 1.82) is 0 Å². The second-order valence-corrected chi connectivity index (χ2v) is 4.05. The lowest BCUT2D eigenvalue weighted by molar-refractivity contribution is 0.757. The van der Waals surface area contributed by atoms with Crippen molar-refractivity contribution in [3.63, 3.8) is 0 Å². The van der Waals surface area contributed by atoms with Gasteiger partial charge in [-0.25, -0.2) is 4.98 Å². The third-order valence-corrected chi connectivity index (χ3v) is 2.81. The quantitative estimate of drug-likeness (QED) is 0.739. The van der Waals surface area contributed by atoms with E-state index in [0.717, 1.165) is 16.6 Å². The maximum Gasteiger partial charge on any atom is 0.172 e. The van der Waals surface area contributed by atoms with Gasteiger partial charge in [0.05, 0.1) is 11.6 Å². The number of hydrogen-bond donors (Lipinski definition) is 1. The van der Waals surface area contributed by atoms with E-state index in [4.69, 9.17) is 5.73 Å². The zero-order valence-electron chi connectivity index (χ0n) is 9.69. The van der Waals surface area contributed by atoms with Crippen molar-refractivity contribution in [1.82, 2.24) is 15.2 Å². The summed E-state index contributed by atoms with van der Waals surface area (Å²) in [6.07, 6.45) is 0. The molecule has 3 aromatic rings. The highest BCUT2D eigenvalue weighted by Gasteiger charge is 2.12. The zero-order chi connectivity index (χ0) is 12.4. The van der Waals surface area contributed by atoms with Crippen LogP contribution >= 0.6 is 0 Å². The van der Waals surface area contributed by atoms with Crippen LogP contribution in [0.5, 0.6) is 0 Å². The Balaban J connectivity index is 2.04. The summed E-state index contributed by atoms with van der Waals surface area (Å²) in [6, 6.07) is 17.1. The van der Waals surface area contributed by atoms with E-state index in [1.807, 2.05) is 54.6 Å². The van der Waals surface area contributed by atoms with Crippen molar-refractivity contribution in [3.8, 4) is 0 Å². The lowest BCUT2D eigenvalue weighted by Gasteiger charge is -2.09. The first-order valence-electron chi connectivity index (χ1n) is 5.74. The first kappa shape index (κ1) is 10.8. The summed E-state index contributed by atoms with van der Waals surface area (Å²) in [5.41, 5.74) is 8.72. The third kappa shape index (κ3) is 1.94. The van der Waals surface area contributed by atoms with Gasteiger partial charge < -0.3 is 5.73 Å². The number of benzene rings is 2. The van der Waals surface area contributed by atoms with Crippen LogP contribution < -0.4 is 5.73 Å². The molecule has 0 aliphatic rings. The van der Waals surface area contributed by atoms with E-state index >= 15 is 0 Å². The number of rotatable bonds is 2. The van der Waals surface area contributed by atoms with E-state index in [-0.39, 0.29) is 6.04 Å². The molecular weight excluding hydrogens is 224 g/mol. The minimum Gasteiger partial charge on any atom is -0.318 e. The molecule has 4 nitrogen and oxygen atoms in total. The van der Waals surface area contributed by atoms with E-state index in [1.165, 1.54) is 0 Å². The molecule has 2 N–H and O–H groups in total. The molecule has 0 aliphatic heterocycles. The first-order valence-corrected chi connectivity index (χ1v) is 5.74. The highest BCUT2D eigenvalue weighted by Crippen LogP contribution is 2.16. The monoisotopic (exact) mass is 236 g/mol. The van der Waals surface area contributed by atoms with Crippen LogP contribution in [-0.4, -0.2) is 15.2 Å². The van der Waals surface area contributed by atoms with Crippen molar-refractivity contribution in [2.75, 3.05) is 0 Å². The summed E-state index contributed by atoms with van der Waals surface area (Å²) in [4.78, 5) is 4.45. The highest BCUT2D eigenvalue weighted by atomic mass is 15.2. The van der Waals surface area contributed by atoms with E-state index in [2.05, 4.69) is 15.2 Å². The van der Waals surface area contributed by atoms with Gasteiger partial charge in [0.1, 0.15) is 5.52 Å². The summed E-state index contributed by atoms with van der Waals surface area (Å²) >= 11 is 0. The van der Waals surface area contributed by atoms with Crippen LogP contribution in [0, 0.1) is 0 Å². The molecule has 0 bridgehead atoms. The average molecular weight is 236 g/mol. The Bertz CT molecular complexity index is 667. The minimum atomic E-state index is -0.344. The maximum atomic E-state index is 6.14. The van der Waals surface area contributed by atoms with Gasteiger partial charge in [-0.05, 0) is 17.7 Å². The van der Waals surface area contributed by atoms with E-state index in [0.29, 0.717) is 5.82 Å². The van der Waals surface area contributed by atoms with Crippen molar-refractivity contribution >= 4 is 11.0 Å². The number of nitrogens with zero attached hydrogens (tertiary/aromatic N) is 3. The van der Waals surface area contributed by atoms with Crippen LogP contribution in [0.3, 0.4) is 0 Å². The number of nitrogens with two attached hydrogens (primary N) is 1. The van der Waals surface area contributed by atoms with Gasteiger partial charge in [0.2, 0.25) is 0 Å². The molecule has 1 atom stereocenters. The summed E-state index contributed by atoms with van der Waals surface area (Å²) in [5, 5.41) is 8.23. The number of aromatic nitrogens is 3. The average Bonchev–Trinajstić information content (AvgIpc) is 2.47. The summed E-state index contributed by atoms with van der Waals surface area (Å²) in [5.74, 6) is 0.542. The smallest absolute Gasteiger partial charge is 0.172 e. The molecule has 18 heavy (non-hydrogen) atoms. The molecule has 0 aliphatic carbocycles. The van der Waals surface area contributed by atoms with Gasteiger partial charge in [0.15, 0.2) is 5.82 Å². The van der Waals surface area contributed by atoms with Crippen LogP contribution in [0.1, 0.15) is 17.4 Å². The van der Waals surface area contributed by atoms with Gasteiger partial charge in [-0.3, -0.25) is 0 Å². The predicted molar refractivity (Wildman–Crippen MR) is 69.8 cm³/mol. The summed E-state index contributed by atoms with van der Waals surface area (Å²) in [6.45, 7) is 0. The maximum absolute atomic E-state index is 6.14. The lowest BCUT2D eigenvalue weighted by atomic mass is 10.1. The molecule has 0 radical (unpaired) electrons. The Hall–Kier alpha value is -2.33. The van der Waals surface area contributed by atoms with E-state index < -0.39 is 0 Å². The Kier molecular flexibility index (Phi) is 2.70. The van der Waals surface area contributed by atoms with Gasteiger partial charge in [0.25, 0.3) is 0 Å². The van der Waals surface area contributed by atoms with Crippen molar-refractivity contribution in [3.05, 3.63) is 66.0 Å². The van der Waals surface area contributed by atoms with Gasteiger partial charge >= 0.3 is 0 Å². The van der Waals surface area contributed by atoms with Crippen LogP contribution in [0.25, 0.3) is 11.0 Å². The highest BCUT2D eigenvalue weighted by molar-refractivity contribution is 5.73. The van der Waals surface area contributed by atoms with Crippen molar-refractivity contribution in [2.45, 2.75) is 6.04 Å². The fourth-order valence-corrected chi connectivity index (χ4v) is 1.84. The molecule has 1 unspecified atom stereocenters. The standard InChI is InChI=1S/C14H12N4/c15-13(10-6-2-1-3-7-10)14-16-11-8-4-5-9-12(11)17-18-14/h1-9,13H,15H2. The fraction of sp³-hybridized carbons (Fsp3) is 0.0714. The molecule has 3 rings (SSSR count). The molecular formula is C14H12N4. The molecule has 4 heteroatoms. The number of para-hydroxylation sites is 1. The van der Waals surface area contributed by atoms with Crippen LogP contribution in [0.4, 0.5) is 0 Å². The minimum absolute atomic E-state index is 0.344. The molecule has 0 fully saturated rings. The van der Waals surface area contributed by atoms with E-state index in [9.17, 15) is 0 Å². The molecule has 88 valence electrons. The Morgan fingerprint density at radius 3 is 2.22 bits per heavy atom.